The average Bonchev–Trinajstić information content (AvgIpc) is 2.89. The van der Waals surface area contributed by atoms with Crippen molar-refractivity contribution in [3.63, 3.8) is 0 Å². The van der Waals surface area contributed by atoms with E-state index in [9.17, 15) is 0 Å². The van der Waals surface area contributed by atoms with E-state index in [1.807, 2.05) is 6.92 Å². The summed E-state index contributed by atoms with van der Waals surface area (Å²) in [5.74, 6) is 0. The average molecular weight is 350 g/mol. The summed E-state index contributed by atoms with van der Waals surface area (Å²) in [6, 6.07) is 4.71. The van der Waals surface area contributed by atoms with Crippen molar-refractivity contribution in [2.24, 2.45) is 0 Å². The molecule has 0 amide bonds. The Morgan fingerprint density at radius 3 is 3.04 bits per heavy atom. The number of piperidine rings is 1. The van der Waals surface area contributed by atoms with Crippen molar-refractivity contribution in [1.29, 1.82) is 0 Å². The molecule has 6 heteroatoms. The molecule has 2 aromatic heterocycles. The molecular weight excluding hydrogens is 330 g/mol. The summed E-state index contributed by atoms with van der Waals surface area (Å²) < 4.78 is 7.23. The predicted molar refractivity (Wildman–Crippen MR) is 92.0 cm³/mol. The van der Waals surface area contributed by atoms with E-state index >= 15 is 0 Å². The molecule has 3 unspecified atom stereocenters. The minimum absolute atomic E-state index is 0.173. The van der Waals surface area contributed by atoms with Crippen LogP contribution in [0.3, 0.4) is 0 Å². The highest BCUT2D eigenvalue weighted by Gasteiger charge is 2.46. The van der Waals surface area contributed by atoms with Gasteiger partial charge in [0.05, 0.1) is 22.7 Å². The highest BCUT2D eigenvalue weighted by Crippen LogP contribution is 2.49. The number of thiophene rings is 1. The fourth-order valence-electron chi connectivity index (χ4n) is 3.92. The number of aryl methyl sites for hydroxylation is 1. The van der Waals surface area contributed by atoms with Gasteiger partial charge in [-0.15, -0.1) is 11.3 Å². The van der Waals surface area contributed by atoms with E-state index in [-0.39, 0.29) is 11.6 Å². The topological polar surface area (TPSA) is 47.0 Å². The maximum absolute atomic E-state index is 6.37. The molecule has 4 heterocycles. The van der Waals surface area contributed by atoms with Crippen molar-refractivity contribution in [1.82, 2.24) is 15.3 Å². The van der Waals surface area contributed by atoms with Crippen LogP contribution >= 0.6 is 22.9 Å². The Morgan fingerprint density at radius 1 is 1.35 bits per heavy atom. The summed E-state index contributed by atoms with van der Waals surface area (Å²) in [5, 5.41) is 3.67. The molecule has 0 saturated carbocycles. The molecule has 2 aliphatic rings. The van der Waals surface area contributed by atoms with Crippen molar-refractivity contribution >= 4 is 22.9 Å². The van der Waals surface area contributed by atoms with E-state index in [4.69, 9.17) is 16.3 Å². The molecule has 4 rings (SSSR count). The van der Waals surface area contributed by atoms with Gasteiger partial charge in [0, 0.05) is 23.0 Å². The summed E-state index contributed by atoms with van der Waals surface area (Å²) >= 11 is 7.97. The molecule has 0 aliphatic carbocycles. The molecular formula is C17H20ClN3OS. The van der Waals surface area contributed by atoms with Crippen LogP contribution in [0, 0.1) is 6.92 Å². The number of hydrogen-bond donors (Lipinski definition) is 1. The number of ether oxygens (including phenoxy) is 1. The second-order valence-electron chi connectivity index (χ2n) is 6.61. The SMILES string of the molecule is Cc1cc(C2CC3(CC(C)N2)OCCc2cc(Cl)sc23)ncn1. The van der Waals surface area contributed by atoms with E-state index < -0.39 is 0 Å². The smallest absolute Gasteiger partial charge is 0.115 e. The van der Waals surface area contributed by atoms with Gasteiger partial charge in [-0.3, -0.25) is 0 Å². The van der Waals surface area contributed by atoms with Crippen LogP contribution in [0.5, 0.6) is 0 Å². The Balaban J connectivity index is 1.73. The van der Waals surface area contributed by atoms with Crippen molar-refractivity contribution in [3.8, 4) is 0 Å². The molecule has 1 saturated heterocycles. The number of halogens is 1. The molecule has 2 aromatic rings. The molecule has 0 bridgehead atoms. The monoisotopic (exact) mass is 349 g/mol. The molecule has 1 spiro atoms. The van der Waals surface area contributed by atoms with Gasteiger partial charge < -0.3 is 10.1 Å². The van der Waals surface area contributed by atoms with Gasteiger partial charge in [0.2, 0.25) is 0 Å². The first-order valence-corrected chi connectivity index (χ1v) is 9.22. The van der Waals surface area contributed by atoms with Gasteiger partial charge in [-0.05, 0) is 44.4 Å². The highest BCUT2D eigenvalue weighted by atomic mass is 35.5. The van der Waals surface area contributed by atoms with Crippen LogP contribution in [0.1, 0.15) is 47.6 Å². The molecule has 0 aromatic carbocycles. The van der Waals surface area contributed by atoms with E-state index in [1.165, 1.54) is 10.4 Å². The third-order valence-corrected chi connectivity index (χ3v) is 6.27. The third-order valence-electron chi connectivity index (χ3n) is 4.78. The van der Waals surface area contributed by atoms with Crippen LogP contribution in [0.2, 0.25) is 4.34 Å². The number of hydrogen-bond acceptors (Lipinski definition) is 5. The molecule has 3 atom stereocenters. The lowest BCUT2D eigenvalue weighted by molar-refractivity contribution is -0.0957. The minimum Gasteiger partial charge on any atom is -0.369 e. The Bertz CT molecular complexity index is 734. The van der Waals surface area contributed by atoms with Crippen LogP contribution in [0.25, 0.3) is 0 Å². The van der Waals surface area contributed by atoms with Gasteiger partial charge in [-0.25, -0.2) is 9.97 Å². The van der Waals surface area contributed by atoms with Crippen LogP contribution in [-0.4, -0.2) is 22.6 Å². The fraction of sp³-hybridized carbons (Fsp3) is 0.529. The van der Waals surface area contributed by atoms with Gasteiger partial charge in [0.1, 0.15) is 11.9 Å². The van der Waals surface area contributed by atoms with Crippen LogP contribution in [-0.2, 0) is 16.8 Å². The molecule has 2 aliphatic heterocycles. The minimum atomic E-state index is -0.237. The molecule has 23 heavy (non-hydrogen) atoms. The lowest BCUT2D eigenvalue weighted by Crippen LogP contribution is -2.49. The second-order valence-corrected chi connectivity index (χ2v) is 8.29. The zero-order chi connectivity index (χ0) is 16.0. The number of rotatable bonds is 1. The van der Waals surface area contributed by atoms with Crippen molar-refractivity contribution in [2.45, 2.75) is 50.8 Å². The normalized spacial score (nSPS) is 30.4. The van der Waals surface area contributed by atoms with Crippen molar-refractivity contribution in [3.05, 3.63) is 44.6 Å². The lowest BCUT2D eigenvalue weighted by Gasteiger charge is -2.46. The zero-order valence-electron chi connectivity index (χ0n) is 13.3. The summed E-state index contributed by atoms with van der Waals surface area (Å²) in [6.07, 6.45) is 4.46. The molecule has 1 fully saturated rings. The Kier molecular flexibility index (Phi) is 3.92. The van der Waals surface area contributed by atoms with Gasteiger partial charge in [0.15, 0.2) is 0 Å². The maximum atomic E-state index is 6.37. The Morgan fingerprint density at radius 2 is 2.22 bits per heavy atom. The van der Waals surface area contributed by atoms with Gasteiger partial charge in [0.25, 0.3) is 0 Å². The standard InChI is InChI=1S/C17H20ClN3OS/c1-10-5-13(20-9-19-10)14-8-17(7-11(2)21-14)16-12(3-4-22-17)6-15(18)23-16/h5-6,9,11,14,21H,3-4,7-8H2,1-2H3. The van der Waals surface area contributed by atoms with E-state index in [1.54, 1.807) is 17.7 Å². The van der Waals surface area contributed by atoms with Crippen LogP contribution in [0.4, 0.5) is 0 Å². The third kappa shape index (κ3) is 2.80. The summed E-state index contributed by atoms with van der Waals surface area (Å²) in [4.78, 5) is 10.0. The van der Waals surface area contributed by atoms with E-state index in [2.05, 4.69) is 34.3 Å². The van der Waals surface area contributed by atoms with Gasteiger partial charge in [-0.1, -0.05) is 11.6 Å². The molecule has 1 N–H and O–H groups in total. The molecule has 122 valence electrons. The summed E-state index contributed by atoms with van der Waals surface area (Å²) in [5.41, 5.74) is 3.16. The summed E-state index contributed by atoms with van der Waals surface area (Å²) in [6.45, 7) is 4.98. The first-order valence-electron chi connectivity index (χ1n) is 8.03. The fourth-order valence-corrected chi connectivity index (χ4v) is 5.38. The number of fused-ring (bicyclic) bond motifs is 2. The molecule has 4 nitrogen and oxygen atoms in total. The molecule has 0 radical (unpaired) electrons. The van der Waals surface area contributed by atoms with Crippen LogP contribution in [0.15, 0.2) is 18.5 Å². The summed E-state index contributed by atoms with van der Waals surface area (Å²) in [7, 11) is 0. The van der Waals surface area contributed by atoms with Crippen molar-refractivity contribution in [2.75, 3.05) is 6.61 Å². The van der Waals surface area contributed by atoms with Gasteiger partial charge in [-0.2, -0.15) is 0 Å². The Labute approximate surface area is 145 Å². The largest absolute Gasteiger partial charge is 0.369 e. The van der Waals surface area contributed by atoms with Crippen LogP contribution < -0.4 is 5.32 Å². The van der Waals surface area contributed by atoms with E-state index in [0.717, 1.165) is 41.6 Å². The Hall–Kier alpha value is -1.01. The number of aromatic nitrogens is 2. The lowest BCUT2D eigenvalue weighted by atomic mass is 9.79. The highest BCUT2D eigenvalue weighted by molar-refractivity contribution is 7.16. The van der Waals surface area contributed by atoms with Crippen molar-refractivity contribution < 1.29 is 4.74 Å². The predicted octanol–water partition coefficient (Wildman–Crippen LogP) is 3.78. The maximum Gasteiger partial charge on any atom is 0.115 e. The first kappa shape index (κ1) is 15.5. The first-order chi connectivity index (χ1) is 11.1. The zero-order valence-corrected chi connectivity index (χ0v) is 14.9. The second kappa shape index (κ2) is 5.81. The van der Waals surface area contributed by atoms with Gasteiger partial charge >= 0.3 is 0 Å². The quantitative estimate of drug-likeness (QED) is 0.851. The number of nitrogens with one attached hydrogen (secondary N) is 1. The van der Waals surface area contributed by atoms with E-state index in [0.29, 0.717) is 6.04 Å². The number of nitrogens with zero attached hydrogens (tertiary/aromatic N) is 2.